The summed E-state index contributed by atoms with van der Waals surface area (Å²) in [6.45, 7) is 3.75. The number of ether oxygens (including phenoxy) is 2. The van der Waals surface area contributed by atoms with Gasteiger partial charge in [0.25, 0.3) is 0 Å². The molecule has 0 saturated carbocycles. The molecule has 0 spiro atoms. The lowest BCUT2D eigenvalue weighted by Crippen LogP contribution is -2.26. The highest BCUT2D eigenvalue weighted by molar-refractivity contribution is 5.49. The fourth-order valence-corrected chi connectivity index (χ4v) is 1.47. The molecule has 0 aromatic rings. The van der Waals surface area contributed by atoms with Crippen LogP contribution in [0.25, 0.3) is 0 Å². The van der Waals surface area contributed by atoms with Gasteiger partial charge in [0.2, 0.25) is 0 Å². The van der Waals surface area contributed by atoms with Gasteiger partial charge in [-0.05, 0) is 18.8 Å². The van der Waals surface area contributed by atoms with E-state index < -0.39 is 0 Å². The maximum atomic E-state index is 10.1. The predicted molar refractivity (Wildman–Crippen MR) is 49.4 cm³/mol. The molecule has 0 aliphatic carbocycles. The quantitative estimate of drug-likeness (QED) is 0.614. The molecule has 0 N–H and O–H groups in total. The number of carbonyl (C=O) groups excluding carboxylic acids is 1. The van der Waals surface area contributed by atoms with E-state index in [1.54, 1.807) is 0 Å². The van der Waals surface area contributed by atoms with Gasteiger partial charge in [-0.15, -0.1) is 0 Å². The molecule has 13 heavy (non-hydrogen) atoms. The molecule has 0 aromatic carbocycles. The zero-order valence-corrected chi connectivity index (χ0v) is 8.20. The third-order valence-electron chi connectivity index (χ3n) is 2.27. The van der Waals surface area contributed by atoms with Crippen molar-refractivity contribution in [2.24, 2.45) is 5.92 Å². The van der Waals surface area contributed by atoms with Crippen LogP contribution in [0.15, 0.2) is 0 Å². The topological polar surface area (TPSA) is 35.5 Å². The van der Waals surface area contributed by atoms with Gasteiger partial charge in [0.1, 0.15) is 6.29 Å². The second-order valence-corrected chi connectivity index (χ2v) is 3.61. The molecule has 1 fully saturated rings. The van der Waals surface area contributed by atoms with Crippen LogP contribution in [0.5, 0.6) is 0 Å². The minimum Gasteiger partial charge on any atom is -0.353 e. The summed E-state index contributed by atoms with van der Waals surface area (Å²) < 4.78 is 10.8. The van der Waals surface area contributed by atoms with Crippen molar-refractivity contribution in [3.63, 3.8) is 0 Å². The number of hydrogen-bond acceptors (Lipinski definition) is 3. The van der Waals surface area contributed by atoms with E-state index in [2.05, 4.69) is 6.92 Å². The summed E-state index contributed by atoms with van der Waals surface area (Å²) in [4.78, 5) is 10.1. The molecule has 1 heterocycles. The van der Waals surface area contributed by atoms with Crippen molar-refractivity contribution in [2.75, 3.05) is 13.2 Å². The molecular weight excluding hydrogens is 168 g/mol. The van der Waals surface area contributed by atoms with Crippen LogP contribution >= 0.6 is 0 Å². The first-order valence-corrected chi connectivity index (χ1v) is 4.99. The normalized spacial score (nSPS) is 21.3. The molecule has 0 amide bonds. The molecule has 3 nitrogen and oxygen atoms in total. The molecule has 1 aliphatic rings. The van der Waals surface area contributed by atoms with Gasteiger partial charge < -0.3 is 14.3 Å². The molecule has 1 saturated heterocycles. The summed E-state index contributed by atoms with van der Waals surface area (Å²) in [5.74, 6) is 0.508. The van der Waals surface area contributed by atoms with Crippen LogP contribution in [0.2, 0.25) is 0 Å². The third-order valence-corrected chi connectivity index (χ3v) is 2.27. The monoisotopic (exact) mass is 186 g/mol. The molecule has 1 aliphatic heterocycles. The highest BCUT2D eigenvalue weighted by atomic mass is 16.7. The standard InChI is InChI=1S/C10H18O3/c1-9(4-2-5-11)8-10-12-6-3-7-13-10/h5,9-10H,2-4,6-8H2,1H3/t9-/m0/s1. The number of hydrogen-bond donors (Lipinski definition) is 0. The Morgan fingerprint density at radius 1 is 1.46 bits per heavy atom. The SMILES string of the molecule is C[C@@H](CCC=O)CC1OCCCO1. The van der Waals surface area contributed by atoms with Crippen molar-refractivity contribution in [3.8, 4) is 0 Å². The van der Waals surface area contributed by atoms with Crippen molar-refractivity contribution in [2.45, 2.75) is 38.9 Å². The van der Waals surface area contributed by atoms with Crippen LogP contribution in [0, 0.1) is 5.92 Å². The van der Waals surface area contributed by atoms with Crippen molar-refractivity contribution < 1.29 is 14.3 Å². The van der Waals surface area contributed by atoms with Gasteiger partial charge in [-0.2, -0.15) is 0 Å². The van der Waals surface area contributed by atoms with E-state index in [1.165, 1.54) is 0 Å². The van der Waals surface area contributed by atoms with E-state index in [4.69, 9.17) is 9.47 Å². The highest BCUT2D eigenvalue weighted by Gasteiger charge is 2.16. The number of aldehydes is 1. The summed E-state index contributed by atoms with van der Waals surface area (Å²) in [5, 5.41) is 0. The molecule has 1 rings (SSSR count). The van der Waals surface area contributed by atoms with E-state index in [-0.39, 0.29) is 6.29 Å². The number of rotatable bonds is 5. The Balaban J connectivity index is 2.10. The van der Waals surface area contributed by atoms with Crippen molar-refractivity contribution in [1.29, 1.82) is 0 Å². The Bertz CT molecular complexity index is 141. The molecule has 76 valence electrons. The fraction of sp³-hybridized carbons (Fsp3) is 0.900. The van der Waals surface area contributed by atoms with Gasteiger partial charge in [0.15, 0.2) is 6.29 Å². The Morgan fingerprint density at radius 2 is 2.15 bits per heavy atom. The Hall–Kier alpha value is -0.410. The van der Waals surface area contributed by atoms with Crippen molar-refractivity contribution in [1.82, 2.24) is 0 Å². The van der Waals surface area contributed by atoms with Crippen molar-refractivity contribution >= 4 is 6.29 Å². The molecule has 0 bridgehead atoms. The fourth-order valence-electron chi connectivity index (χ4n) is 1.47. The van der Waals surface area contributed by atoms with Crippen LogP contribution in [-0.4, -0.2) is 25.8 Å². The van der Waals surface area contributed by atoms with Gasteiger partial charge in [0.05, 0.1) is 13.2 Å². The zero-order chi connectivity index (χ0) is 9.52. The van der Waals surface area contributed by atoms with Gasteiger partial charge >= 0.3 is 0 Å². The van der Waals surface area contributed by atoms with E-state index in [9.17, 15) is 4.79 Å². The van der Waals surface area contributed by atoms with Crippen LogP contribution in [-0.2, 0) is 14.3 Å². The minimum atomic E-state index is -0.0320. The first kappa shape index (κ1) is 10.7. The first-order chi connectivity index (χ1) is 6.33. The highest BCUT2D eigenvalue weighted by Crippen LogP contribution is 2.17. The summed E-state index contributed by atoms with van der Waals surface area (Å²) in [6, 6.07) is 0. The Labute approximate surface area is 79.4 Å². The molecule has 1 atom stereocenters. The molecule has 0 aromatic heterocycles. The van der Waals surface area contributed by atoms with Gasteiger partial charge in [0, 0.05) is 12.8 Å². The lowest BCUT2D eigenvalue weighted by atomic mass is 10.0. The third kappa shape index (κ3) is 4.39. The van der Waals surface area contributed by atoms with E-state index >= 15 is 0 Å². The maximum Gasteiger partial charge on any atom is 0.157 e. The lowest BCUT2D eigenvalue weighted by molar-refractivity contribution is -0.186. The molecule has 0 radical (unpaired) electrons. The van der Waals surface area contributed by atoms with Crippen molar-refractivity contribution in [3.05, 3.63) is 0 Å². The Morgan fingerprint density at radius 3 is 2.77 bits per heavy atom. The number of carbonyl (C=O) groups is 1. The summed E-state index contributed by atoms with van der Waals surface area (Å²) >= 11 is 0. The summed E-state index contributed by atoms with van der Waals surface area (Å²) in [7, 11) is 0. The second-order valence-electron chi connectivity index (χ2n) is 3.61. The van der Waals surface area contributed by atoms with E-state index in [0.717, 1.165) is 38.8 Å². The smallest absolute Gasteiger partial charge is 0.157 e. The molecule has 3 heteroatoms. The van der Waals surface area contributed by atoms with Gasteiger partial charge in [-0.3, -0.25) is 0 Å². The zero-order valence-electron chi connectivity index (χ0n) is 8.20. The average molecular weight is 186 g/mol. The van der Waals surface area contributed by atoms with E-state index in [1.807, 2.05) is 0 Å². The second kappa shape index (κ2) is 6.11. The predicted octanol–water partition coefficient (Wildman–Crippen LogP) is 1.75. The average Bonchev–Trinajstić information content (AvgIpc) is 2.16. The van der Waals surface area contributed by atoms with Crippen LogP contribution in [0.3, 0.4) is 0 Å². The molecule has 0 unspecified atom stereocenters. The first-order valence-electron chi connectivity index (χ1n) is 4.99. The maximum absolute atomic E-state index is 10.1. The van der Waals surface area contributed by atoms with Gasteiger partial charge in [-0.25, -0.2) is 0 Å². The van der Waals surface area contributed by atoms with E-state index in [0.29, 0.717) is 12.3 Å². The lowest BCUT2D eigenvalue weighted by Gasteiger charge is -2.25. The summed E-state index contributed by atoms with van der Waals surface area (Å²) in [5.41, 5.74) is 0. The summed E-state index contributed by atoms with van der Waals surface area (Å²) in [6.07, 6.45) is 4.43. The minimum absolute atomic E-state index is 0.0320. The Kier molecular flexibility index (Phi) is 5.01. The molecular formula is C10H18O3. The largest absolute Gasteiger partial charge is 0.353 e. The van der Waals surface area contributed by atoms with Crippen LogP contribution in [0.1, 0.15) is 32.6 Å². The van der Waals surface area contributed by atoms with Crippen LogP contribution in [0.4, 0.5) is 0 Å². The van der Waals surface area contributed by atoms with Gasteiger partial charge in [-0.1, -0.05) is 6.92 Å². The van der Waals surface area contributed by atoms with Crippen LogP contribution < -0.4 is 0 Å².